The fourth-order valence-corrected chi connectivity index (χ4v) is 2.87. The lowest BCUT2D eigenvalue weighted by Crippen LogP contribution is -2.16. The number of sulfonamides is 1. The van der Waals surface area contributed by atoms with Crippen molar-refractivity contribution in [1.82, 2.24) is 0 Å². The Morgan fingerprint density at radius 3 is 2.41 bits per heavy atom. The van der Waals surface area contributed by atoms with Gasteiger partial charge in [0.1, 0.15) is 0 Å². The summed E-state index contributed by atoms with van der Waals surface area (Å²) >= 11 is 5.87. The summed E-state index contributed by atoms with van der Waals surface area (Å²) in [6, 6.07) is 9.34. The van der Waals surface area contributed by atoms with Gasteiger partial charge in [-0.15, -0.1) is 0 Å². The molecule has 0 spiro atoms. The van der Waals surface area contributed by atoms with E-state index in [9.17, 15) is 13.2 Å². The molecular formula is C15H15ClN2O3S. The molecule has 0 aromatic heterocycles. The summed E-state index contributed by atoms with van der Waals surface area (Å²) in [5.41, 5.74) is 2.26. The first-order chi connectivity index (χ1) is 10.2. The summed E-state index contributed by atoms with van der Waals surface area (Å²) in [7, 11) is -3.87. The van der Waals surface area contributed by atoms with E-state index < -0.39 is 15.9 Å². The summed E-state index contributed by atoms with van der Waals surface area (Å²) in [4.78, 5) is 12.2. The Morgan fingerprint density at radius 1 is 1.14 bits per heavy atom. The number of rotatable bonds is 3. The third-order valence-electron chi connectivity index (χ3n) is 3.08. The minimum absolute atomic E-state index is 0.0921. The van der Waals surface area contributed by atoms with E-state index >= 15 is 0 Å². The Balaban J connectivity index is 2.36. The van der Waals surface area contributed by atoms with E-state index in [1.165, 1.54) is 12.1 Å². The Bertz CT molecular complexity index is 848. The topological polar surface area (TPSA) is 89.3 Å². The third-order valence-corrected chi connectivity index (χ3v) is 4.21. The Kier molecular flexibility index (Phi) is 4.55. The lowest BCUT2D eigenvalue weighted by atomic mass is 10.1. The smallest absolute Gasteiger partial charge is 0.255 e. The van der Waals surface area contributed by atoms with Crippen molar-refractivity contribution >= 4 is 33.2 Å². The Morgan fingerprint density at radius 2 is 1.82 bits per heavy atom. The highest BCUT2D eigenvalue weighted by atomic mass is 35.5. The molecule has 5 nitrogen and oxygen atoms in total. The van der Waals surface area contributed by atoms with Gasteiger partial charge in [-0.1, -0.05) is 11.6 Å². The summed E-state index contributed by atoms with van der Waals surface area (Å²) < 4.78 is 22.9. The van der Waals surface area contributed by atoms with E-state index in [0.717, 1.165) is 5.56 Å². The van der Waals surface area contributed by atoms with Gasteiger partial charge in [0.2, 0.25) is 10.0 Å². The maximum atomic E-state index is 12.3. The quantitative estimate of drug-likeness (QED) is 0.901. The molecule has 0 radical (unpaired) electrons. The van der Waals surface area contributed by atoms with Crippen molar-refractivity contribution in [2.45, 2.75) is 18.7 Å². The Labute approximate surface area is 134 Å². The number of primary sulfonamides is 1. The average molecular weight is 339 g/mol. The first-order valence-electron chi connectivity index (χ1n) is 6.39. The van der Waals surface area contributed by atoms with Crippen molar-refractivity contribution in [2.75, 3.05) is 5.32 Å². The zero-order valence-corrected chi connectivity index (χ0v) is 13.6. The van der Waals surface area contributed by atoms with E-state index in [-0.39, 0.29) is 10.5 Å². The largest absolute Gasteiger partial charge is 0.322 e. The molecule has 22 heavy (non-hydrogen) atoms. The van der Waals surface area contributed by atoms with Crippen LogP contribution in [0.2, 0.25) is 5.02 Å². The van der Waals surface area contributed by atoms with Crippen LogP contribution in [0.4, 0.5) is 5.69 Å². The minimum Gasteiger partial charge on any atom is -0.322 e. The molecule has 7 heteroatoms. The van der Waals surface area contributed by atoms with Gasteiger partial charge in [0.15, 0.2) is 0 Å². The van der Waals surface area contributed by atoms with Crippen LogP contribution in [-0.2, 0) is 10.0 Å². The molecule has 0 aliphatic carbocycles. The first kappa shape index (κ1) is 16.5. The summed E-state index contributed by atoms with van der Waals surface area (Å²) in [6.45, 7) is 3.51. The van der Waals surface area contributed by atoms with E-state index in [0.29, 0.717) is 16.3 Å². The molecule has 116 valence electrons. The molecule has 0 heterocycles. The summed E-state index contributed by atoms with van der Waals surface area (Å²) in [5, 5.41) is 8.41. The lowest BCUT2D eigenvalue weighted by Gasteiger charge is -2.10. The zero-order chi connectivity index (χ0) is 16.5. The van der Waals surface area contributed by atoms with E-state index in [1.807, 2.05) is 6.92 Å². The predicted molar refractivity (Wildman–Crippen MR) is 86.7 cm³/mol. The molecule has 0 aliphatic heterocycles. The minimum atomic E-state index is -3.87. The molecule has 1 amide bonds. The van der Waals surface area contributed by atoms with Crippen molar-refractivity contribution in [1.29, 1.82) is 0 Å². The molecule has 0 fully saturated rings. The van der Waals surface area contributed by atoms with Crippen LogP contribution in [0.1, 0.15) is 21.5 Å². The highest BCUT2D eigenvalue weighted by molar-refractivity contribution is 7.89. The summed E-state index contributed by atoms with van der Waals surface area (Å²) in [5.74, 6) is -0.418. The molecule has 0 saturated heterocycles. The number of amides is 1. The summed E-state index contributed by atoms with van der Waals surface area (Å²) in [6.07, 6.45) is 0. The number of carbonyl (C=O) groups excluding carboxylic acids is 1. The average Bonchev–Trinajstić information content (AvgIpc) is 2.40. The number of anilines is 1. The van der Waals surface area contributed by atoms with Crippen molar-refractivity contribution in [2.24, 2.45) is 5.14 Å². The molecular weight excluding hydrogens is 324 g/mol. The molecule has 3 N–H and O–H groups in total. The number of hydrogen-bond donors (Lipinski definition) is 2. The monoisotopic (exact) mass is 338 g/mol. The second-order valence-corrected chi connectivity index (χ2v) is 6.99. The Hall–Kier alpha value is -1.89. The highest BCUT2D eigenvalue weighted by Crippen LogP contribution is 2.21. The number of carbonyl (C=O) groups is 1. The fraction of sp³-hybridized carbons (Fsp3) is 0.133. The van der Waals surface area contributed by atoms with Crippen LogP contribution in [-0.4, -0.2) is 14.3 Å². The van der Waals surface area contributed by atoms with Crippen LogP contribution in [0.3, 0.4) is 0 Å². The van der Waals surface area contributed by atoms with Gasteiger partial charge in [0.05, 0.1) is 4.90 Å². The van der Waals surface area contributed by atoms with Crippen molar-refractivity contribution in [3.8, 4) is 0 Å². The highest BCUT2D eigenvalue weighted by Gasteiger charge is 2.14. The van der Waals surface area contributed by atoms with Crippen molar-refractivity contribution in [3.63, 3.8) is 0 Å². The second kappa shape index (κ2) is 6.08. The first-order valence-corrected chi connectivity index (χ1v) is 8.31. The number of halogens is 1. The molecule has 2 aromatic carbocycles. The van der Waals surface area contributed by atoms with Crippen LogP contribution >= 0.6 is 11.6 Å². The lowest BCUT2D eigenvalue weighted by molar-refractivity contribution is 0.102. The van der Waals surface area contributed by atoms with Gasteiger partial charge in [-0.05, 0) is 61.4 Å². The van der Waals surface area contributed by atoms with Crippen LogP contribution in [0.15, 0.2) is 41.3 Å². The number of aryl methyl sites for hydroxylation is 2. The molecule has 0 unspecified atom stereocenters. The third kappa shape index (κ3) is 3.85. The zero-order valence-electron chi connectivity index (χ0n) is 12.1. The molecule has 0 atom stereocenters. The number of hydrogen-bond acceptors (Lipinski definition) is 3. The van der Waals surface area contributed by atoms with E-state index in [1.54, 1.807) is 31.2 Å². The second-order valence-electron chi connectivity index (χ2n) is 4.99. The van der Waals surface area contributed by atoms with Gasteiger partial charge < -0.3 is 5.32 Å². The molecule has 0 saturated carbocycles. The van der Waals surface area contributed by atoms with Crippen LogP contribution in [0.25, 0.3) is 0 Å². The van der Waals surface area contributed by atoms with Crippen LogP contribution in [0, 0.1) is 13.8 Å². The van der Waals surface area contributed by atoms with Crippen molar-refractivity contribution in [3.05, 3.63) is 58.1 Å². The predicted octanol–water partition coefficient (Wildman–Crippen LogP) is 2.86. The van der Waals surface area contributed by atoms with Crippen LogP contribution < -0.4 is 10.5 Å². The van der Waals surface area contributed by atoms with Gasteiger partial charge in [-0.3, -0.25) is 4.79 Å². The number of nitrogens with two attached hydrogens (primary N) is 1. The number of nitrogens with one attached hydrogen (secondary N) is 1. The SMILES string of the molecule is Cc1cc(C(=O)Nc2ccc(Cl)cc2C)cc(S(N)(=O)=O)c1. The van der Waals surface area contributed by atoms with E-state index in [4.69, 9.17) is 16.7 Å². The van der Waals surface area contributed by atoms with Gasteiger partial charge in [-0.2, -0.15) is 0 Å². The maximum Gasteiger partial charge on any atom is 0.255 e. The van der Waals surface area contributed by atoms with Gasteiger partial charge >= 0.3 is 0 Å². The maximum absolute atomic E-state index is 12.3. The standard InChI is InChI=1S/C15H15ClN2O3S/c1-9-5-11(8-13(6-9)22(17,20)21)15(19)18-14-4-3-12(16)7-10(14)2/h3-8H,1-2H3,(H,18,19)(H2,17,20,21). The van der Waals surface area contributed by atoms with Gasteiger partial charge in [-0.25, -0.2) is 13.6 Å². The number of benzene rings is 2. The van der Waals surface area contributed by atoms with Gasteiger partial charge in [0, 0.05) is 16.3 Å². The molecule has 0 aliphatic rings. The fourth-order valence-electron chi connectivity index (χ4n) is 2.01. The van der Waals surface area contributed by atoms with E-state index in [2.05, 4.69) is 5.32 Å². The molecule has 0 bridgehead atoms. The van der Waals surface area contributed by atoms with Gasteiger partial charge in [0.25, 0.3) is 5.91 Å². The molecule has 2 rings (SSSR count). The molecule has 2 aromatic rings. The van der Waals surface area contributed by atoms with Crippen LogP contribution in [0.5, 0.6) is 0 Å². The normalized spacial score (nSPS) is 11.3. The van der Waals surface area contributed by atoms with Crippen molar-refractivity contribution < 1.29 is 13.2 Å².